The molecule has 106 valence electrons. The SMILES string of the molecule is CC(C)COC(=O)c1ccccc1COP(=O)(O)O. The molecule has 0 fully saturated rings. The average molecular weight is 288 g/mol. The first kappa shape index (κ1) is 15.9. The molecule has 0 aliphatic rings. The Morgan fingerprint density at radius 2 is 1.95 bits per heavy atom. The van der Waals surface area contributed by atoms with Gasteiger partial charge in [0.15, 0.2) is 0 Å². The van der Waals surface area contributed by atoms with Crippen molar-refractivity contribution in [1.29, 1.82) is 0 Å². The Bertz CT molecular complexity index is 479. The van der Waals surface area contributed by atoms with E-state index in [0.29, 0.717) is 5.56 Å². The largest absolute Gasteiger partial charge is 0.469 e. The van der Waals surface area contributed by atoms with Crippen LogP contribution in [0.1, 0.15) is 29.8 Å². The highest BCUT2D eigenvalue weighted by Gasteiger charge is 2.18. The molecular weight excluding hydrogens is 271 g/mol. The summed E-state index contributed by atoms with van der Waals surface area (Å²) < 4.78 is 20.1. The summed E-state index contributed by atoms with van der Waals surface area (Å²) in [6, 6.07) is 6.38. The van der Waals surface area contributed by atoms with Gasteiger partial charge in [-0.25, -0.2) is 9.36 Å². The highest BCUT2D eigenvalue weighted by atomic mass is 31.2. The lowest BCUT2D eigenvalue weighted by Gasteiger charge is -2.11. The molecule has 1 aromatic carbocycles. The number of benzene rings is 1. The molecule has 6 nitrogen and oxygen atoms in total. The fourth-order valence-electron chi connectivity index (χ4n) is 1.32. The molecule has 0 atom stereocenters. The number of esters is 1. The van der Waals surface area contributed by atoms with Gasteiger partial charge in [0.05, 0.1) is 18.8 Å². The smallest absolute Gasteiger partial charge is 0.462 e. The van der Waals surface area contributed by atoms with Crippen molar-refractivity contribution in [2.24, 2.45) is 5.92 Å². The number of phosphoric ester groups is 1. The Balaban J connectivity index is 2.77. The van der Waals surface area contributed by atoms with Gasteiger partial charge in [0.1, 0.15) is 0 Å². The maximum absolute atomic E-state index is 11.8. The lowest BCUT2D eigenvalue weighted by molar-refractivity contribution is 0.0455. The number of ether oxygens (including phenoxy) is 1. The van der Waals surface area contributed by atoms with Gasteiger partial charge in [-0.05, 0) is 17.5 Å². The third kappa shape index (κ3) is 5.98. The molecule has 0 radical (unpaired) electrons. The van der Waals surface area contributed by atoms with E-state index in [-0.39, 0.29) is 24.7 Å². The zero-order chi connectivity index (χ0) is 14.5. The first-order valence-electron chi connectivity index (χ1n) is 5.74. The molecule has 1 aromatic rings. The third-order valence-corrected chi connectivity index (χ3v) is 2.64. The van der Waals surface area contributed by atoms with Crippen molar-refractivity contribution < 1.29 is 28.4 Å². The van der Waals surface area contributed by atoms with Crippen molar-refractivity contribution >= 4 is 13.8 Å². The lowest BCUT2D eigenvalue weighted by Crippen LogP contribution is -2.12. The molecule has 0 saturated carbocycles. The van der Waals surface area contributed by atoms with Crippen LogP contribution in [0.5, 0.6) is 0 Å². The van der Waals surface area contributed by atoms with Crippen molar-refractivity contribution in [3.8, 4) is 0 Å². The molecule has 0 amide bonds. The molecule has 0 heterocycles. The van der Waals surface area contributed by atoms with Gasteiger partial charge in [0.2, 0.25) is 0 Å². The van der Waals surface area contributed by atoms with Gasteiger partial charge in [-0.1, -0.05) is 32.0 Å². The predicted octanol–water partition coefficient (Wildman–Crippen LogP) is 2.11. The summed E-state index contributed by atoms with van der Waals surface area (Å²) in [5, 5.41) is 0. The number of carbonyl (C=O) groups is 1. The monoisotopic (exact) mass is 288 g/mol. The molecule has 2 N–H and O–H groups in total. The highest BCUT2D eigenvalue weighted by Crippen LogP contribution is 2.37. The third-order valence-electron chi connectivity index (χ3n) is 2.17. The van der Waals surface area contributed by atoms with Crippen LogP contribution in [0.2, 0.25) is 0 Å². The summed E-state index contributed by atoms with van der Waals surface area (Å²) in [6.45, 7) is 3.76. The van der Waals surface area contributed by atoms with Crippen LogP contribution in [-0.4, -0.2) is 22.4 Å². The normalized spacial score (nSPS) is 11.6. The Labute approximate surface area is 111 Å². The minimum Gasteiger partial charge on any atom is -0.462 e. The van der Waals surface area contributed by atoms with Gasteiger partial charge in [-0.15, -0.1) is 0 Å². The first-order valence-corrected chi connectivity index (χ1v) is 7.27. The lowest BCUT2D eigenvalue weighted by atomic mass is 10.1. The Kier molecular flexibility index (Phi) is 5.69. The fourth-order valence-corrected chi connectivity index (χ4v) is 1.63. The molecule has 0 aromatic heterocycles. The number of rotatable bonds is 6. The standard InChI is InChI=1S/C12H17O6P/c1-9(2)7-17-12(13)11-6-4-3-5-10(11)8-18-19(14,15)16/h3-6,9H,7-8H2,1-2H3,(H2,14,15,16). The van der Waals surface area contributed by atoms with E-state index < -0.39 is 13.8 Å². The second kappa shape index (κ2) is 6.82. The first-order chi connectivity index (χ1) is 8.79. The molecule has 0 saturated heterocycles. The van der Waals surface area contributed by atoms with Crippen LogP contribution in [-0.2, 0) is 20.4 Å². The van der Waals surface area contributed by atoms with E-state index in [1.807, 2.05) is 13.8 Å². The predicted molar refractivity (Wildman–Crippen MR) is 68.4 cm³/mol. The molecule has 0 spiro atoms. The number of carbonyl (C=O) groups excluding carboxylic acids is 1. The number of hydrogen-bond acceptors (Lipinski definition) is 4. The van der Waals surface area contributed by atoms with E-state index in [1.165, 1.54) is 6.07 Å². The highest BCUT2D eigenvalue weighted by molar-refractivity contribution is 7.46. The Morgan fingerprint density at radius 3 is 2.53 bits per heavy atom. The van der Waals surface area contributed by atoms with E-state index >= 15 is 0 Å². The van der Waals surface area contributed by atoms with Crippen LogP contribution < -0.4 is 0 Å². The zero-order valence-electron chi connectivity index (χ0n) is 10.8. The topological polar surface area (TPSA) is 93.1 Å². The average Bonchev–Trinajstić information content (AvgIpc) is 2.33. The maximum Gasteiger partial charge on any atom is 0.469 e. The molecule has 0 bridgehead atoms. The minimum atomic E-state index is -4.56. The zero-order valence-corrected chi connectivity index (χ0v) is 11.7. The molecule has 0 unspecified atom stereocenters. The second-order valence-corrected chi connectivity index (χ2v) is 5.65. The summed E-state index contributed by atoms with van der Waals surface area (Å²) in [7, 11) is -4.56. The number of phosphoric acid groups is 1. The molecular formula is C12H17O6P. The number of hydrogen-bond donors (Lipinski definition) is 2. The van der Waals surface area contributed by atoms with Gasteiger partial charge < -0.3 is 14.5 Å². The Hall–Kier alpha value is -1.20. The summed E-state index contributed by atoms with van der Waals surface area (Å²) in [6.07, 6.45) is 0. The van der Waals surface area contributed by atoms with Crippen molar-refractivity contribution in [2.75, 3.05) is 6.61 Å². The van der Waals surface area contributed by atoms with Gasteiger partial charge in [-0.3, -0.25) is 4.52 Å². The van der Waals surface area contributed by atoms with E-state index in [2.05, 4.69) is 4.52 Å². The van der Waals surface area contributed by atoms with Crippen LogP contribution in [0.25, 0.3) is 0 Å². The summed E-state index contributed by atoms with van der Waals surface area (Å²) >= 11 is 0. The van der Waals surface area contributed by atoms with Crippen LogP contribution in [0.3, 0.4) is 0 Å². The van der Waals surface area contributed by atoms with E-state index in [9.17, 15) is 9.36 Å². The Morgan fingerprint density at radius 1 is 1.32 bits per heavy atom. The van der Waals surface area contributed by atoms with E-state index in [1.54, 1.807) is 18.2 Å². The van der Waals surface area contributed by atoms with Crippen molar-refractivity contribution in [2.45, 2.75) is 20.5 Å². The van der Waals surface area contributed by atoms with Crippen molar-refractivity contribution in [3.05, 3.63) is 35.4 Å². The van der Waals surface area contributed by atoms with Crippen LogP contribution in [0.15, 0.2) is 24.3 Å². The summed E-state index contributed by atoms with van der Waals surface area (Å²) in [4.78, 5) is 29.1. The molecule has 7 heteroatoms. The minimum absolute atomic E-state index is 0.211. The summed E-state index contributed by atoms with van der Waals surface area (Å²) in [5.41, 5.74) is 0.621. The van der Waals surface area contributed by atoms with Crippen LogP contribution >= 0.6 is 7.82 Å². The van der Waals surface area contributed by atoms with E-state index in [4.69, 9.17) is 14.5 Å². The van der Waals surface area contributed by atoms with Gasteiger partial charge >= 0.3 is 13.8 Å². The maximum atomic E-state index is 11.8. The van der Waals surface area contributed by atoms with Gasteiger partial charge in [0, 0.05) is 0 Å². The van der Waals surface area contributed by atoms with Crippen molar-refractivity contribution in [1.82, 2.24) is 0 Å². The molecule has 1 rings (SSSR count). The molecule has 19 heavy (non-hydrogen) atoms. The quantitative estimate of drug-likeness (QED) is 0.615. The van der Waals surface area contributed by atoms with Gasteiger partial charge in [0.25, 0.3) is 0 Å². The van der Waals surface area contributed by atoms with Crippen LogP contribution in [0.4, 0.5) is 0 Å². The second-order valence-electron chi connectivity index (χ2n) is 4.41. The van der Waals surface area contributed by atoms with Gasteiger partial charge in [-0.2, -0.15) is 0 Å². The molecule has 0 aliphatic carbocycles. The summed E-state index contributed by atoms with van der Waals surface area (Å²) in [5.74, 6) is -0.318. The van der Waals surface area contributed by atoms with E-state index in [0.717, 1.165) is 0 Å². The van der Waals surface area contributed by atoms with Crippen molar-refractivity contribution in [3.63, 3.8) is 0 Å². The fraction of sp³-hybridized carbons (Fsp3) is 0.417. The van der Waals surface area contributed by atoms with Crippen LogP contribution in [0, 0.1) is 5.92 Å². The molecule has 0 aliphatic heterocycles.